The fraction of sp³-hybridized carbons (Fsp3) is 0.333. The number of hydrogen-bond donors (Lipinski definition) is 0. The first-order valence-electron chi connectivity index (χ1n) is 5.43. The first kappa shape index (κ1) is 15.3. The van der Waals surface area contributed by atoms with Crippen LogP contribution in [0.5, 0.6) is 0 Å². The molecule has 1 aromatic carbocycles. The van der Waals surface area contributed by atoms with E-state index in [2.05, 4.69) is 15.9 Å². The molecule has 0 unspecified atom stereocenters. The van der Waals surface area contributed by atoms with Crippen LogP contribution in [0.25, 0.3) is 0 Å². The predicted molar refractivity (Wildman–Crippen MR) is 74.1 cm³/mol. The highest BCUT2D eigenvalue weighted by Gasteiger charge is 2.29. The van der Waals surface area contributed by atoms with Crippen LogP contribution in [0.15, 0.2) is 10.5 Å². The standard InChI is InChI=1S/C12H13BrN2O4/c1-6-5-10(15(18)19)12(11(13)7(6)2)14(8(3)16)9(4)17/h5H,1-4H3. The van der Waals surface area contributed by atoms with Crippen LogP contribution in [0, 0.1) is 24.0 Å². The zero-order valence-electron chi connectivity index (χ0n) is 11.0. The van der Waals surface area contributed by atoms with Gasteiger partial charge in [0.15, 0.2) is 0 Å². The van der Waals surface area contributed by atoms with Crippen LogP contribution < -0.4 is 4.90 Å². The second kappa shape index (κ2) is 5.48. The monoisotopic (exact) mass is 328 g/mol. The highest BCUT2D eigenvalue weighted by molar-refractivity contribution is 9.10. The van der Waals surface area contributed by atoms with Crippen molar-refractivity contribution in [1.29, 1.82) is 0 Å². The molecule has 0 radical (unpaired) electrons. The lowest BCUT2D eigenvalue weighted by molar-refractivity contribution is -0.384. The predicted octanol–water partition coefficient (Wildman–Crippen LogP) is 2.87. The van der Waals surface area contributed by atoms with Gasteiger partial charge in [0.25, 0.3) is 5.69 Å². The Bertz CT molecular complexity index is 570. The SMILES string of the molecule is CC(=O)N(C(C)=O)c1c([N+](=O)[O-])cc(C)c(C)c1Br. The summed E-state index contributed by atoms with van der Waals surface area (Å²) in [7, 11) is 0. The van der Waals surface area contributed by atoms with Gasteiger partial charge in [0.05, 0.1) is 9.40 Å². The van der Waals surface area contributed by atoms with Crippen molar-refractivity contribution in [3.8, 4) is 0 Å². The normalized spacial score (nSPS) is 10.2. The zero-order valence-corrected chi connectivity index (χ0v) is 12.6. The third kappa shape index (κ3) is 2.81. The van der Waals surface area contributed by atoms with E-state index in [-0.39, 0.29) is 11.4 Å². The molecule has 0 aromatic heterocycles. The molecule has 0 atom stereocenters. The molecule has 1 rings (SSSR count). The number of rotatable bonds is 2. The number of benzene rings is 1. The van der Waals surface area contributed by atoms with E-state index in [1.807, 2.05) is 0 Å². The first-order chi connectivity index (χ1) is 8.68. The Morgan fingerprint density at radius 3 is 2.11 bits per heavy atom. The Balaban J connectivity index is 3.73. The zero-order chi connectivity index (χ0) is 14.9. The molecule has 0 aliphatic heterocycles. The van der Waals surface area contributed by atoms with Crippen molar-refractivity contribution in [2.75, 3.05) is 4.90 Å². The van der Waals surface area contributed by atoms with Crippen LogP contribution in [-0.2, 0) is 9.59 Å². The van der Waals surface area contributed by atoms with Crippen LogP contribution in [0.3, 0.4) is 0 Å². The maximum atomic E-state index is 11.6. The Morgan fingerprint density at radius 2 is 1.74 bits per heavy atom. The van der Waals surface area contributed by atoms with Crippen LogP contribution in [0.1, 0.15) is 25.0 Å². The van der Waals surface area contributed by atoms with Gasteiger partial charge in [0.2, 0.25) is 11.8 Å². The maximum absolute atomic E-state index is 11.6. The van der Waals surface area contributed by atoms with E-state index < -0.39 is 16.7 Å². The molecule has 1 aromatic rings. The Kier molecular flexibility index (Phi) is 4.41. The van der Waals surface area contributed by atoms with Gasteiger partial charge >= 0.3 is 0 Å². The van der Waals surface area contributed by atoms with Crippen molar-refractivity contribution in [2.45, 2.75) is 27.7 Å². The number of nitro benzene ring substituents is 1. The third-order valence-electron chi connectivity index (χ3n) is 2.77. The first-order valence-corrected chi connectivity index (χ1v) is 6.23. The molecule has 19 heavy (non-hydrogen) atoms. The molecule has 2 amide bonds. The summed E-state index contributed by atoms with van der Waals surface area (Å²) < 4.78 is 0.379. The largest absolute Gasteiger partial charge is 0.294 e. The molecule has 0 aliphatic rings. The molecule has 0 saturated carbocycles. The number of imide groups is 1. The van der Waals surface area contributed by atoms with Crippen molar-refractivity contribution in [3.63, 3.8) is 0 Å². The second-order valence-electron chi connectivity index (χ2n) is 4.13. The van der Waals surface area contributed by atoms with Gasteiger partial charge in [-0.3, -0.25) is 19.7 Å². The fourth-order valence-electron chi connectivity index (χ4n) is 1.73. The van der Waals surface area contributed by atoms with E-state index in [1.165, 1.54) is 19.9 Å². The number of hydrogen-bond acceptors (Lipinski definition) is 4. The topological polar surface area (TPSA) is 80.5 Å². The molecule has 6 nitrogen and oxygen atoms in total. The van der Waals surface area contributed by atoms with Crippen molar-refractivity contribution >= 4 is 39.1 Å². The van der Waals surface area contributed by atoms with E-state index in [0.717, 1.165) is 10.5 Å². The highest BCUT2D eigenvalue weighted by atomic mass is 79.9. The minimum absolute atomic E-state index is 0.0203. The van der Waals surface area contributed by atoms with Gasteiger partial charge < -0.3 is 0 Å². The Hall–Kier alpha value is -1.76. The van der Waals surface area contributed by atoms with Crippen LogP contribution in [0.4, 0.5) is 11.4 Å². The third-order valence-corrected chi connectivity index (χ3v) is 3.74. The number of nitrogens with zero attached hydrogens (tertiary/aromatic N) is 2. The summed E-state index contributed by atoms with van der Waals surface area (Å²) >= 11 is 3.24. The smallest absolute Gasteiger partial charge is 0.274 e. The quantitative estimate of drug-likeness (QED) is 0.617. The van der Waals surface area contributed by atoms with E-state index in [1.54, 1.807) is 13.8 Å². The van der Waals surface area contributed by atoms with Gasteiger partial charge in [-0.15, -0.1) is 0 Å². The van der Waals surface area contributed by atoms with Crippen molar-refractivity contribution in [2.24, 2.45) is 0 Å². The number of carbonyl (C=O) groups is 2. The minimum atomic E-state index is -0.606. The fourth-order valence-corrected chi connectivity index (χ4v) is 2.43. The van der Waals surface area contributed by atoms with Crippen LogP contribution in [0.2, 0.25) is 0 Å². The summed E-state index contributed by atoms with van der Waals surface area (Å²) in [6.45, 7) is 5.85. The maximum Gasteiger partial charge on any atom is 0.294 e. The lowest BCUT2D eigenvalue weighted by atomic mass is 10.1. The summed E-state index contributed by atoms with van der Waals surface area (Å²) in [5.41, 5.74) is 1.15. The van der Waals surface area contributed by atoms with Gasteiger partial charge in [-0.25, -0.2) is 4.90 Å². The van der Waals surface area contributed by atoms with E-state index in [4.69, 9.17) is 0 Å². The molecule has 102 valence electrons. The molecule has 0 bridgehead atoms. The van der Waals surface area contributed by atoms with Crippen molar-refractivity contribution in [3.05, 3.63) is 31.8 Å². The van der Waals surface area contributed by atoms with E-state index >= 15 is 0 Å². The number of amides is 2. The summed E-state index contributed by atoms with van der Waals surface area (Å²) in [4.78, 5) is 34.5. The molecule has 0 saturated heterocycles. The molecule has 0 N–H and O–H groups in total. The van der Waals surface area contributed by atoms with Gasteiger partial charge in [-0.2, -0.15) is 0 Å². The lowest BCUT2D eigenvalue weighted by Gasteiger charge is -2.20. The van der Waals surface area contributed by atoms with Crippen LogP contribution >= 0.6 is 15.9 Å². The lowest BCUT2D eigenvalue weighted by Crippen LogP contribution is -2.34. The van der Waals surface area contributed by atoms with Crippen molar-refractivity contribution < 1.29 is 14.5 Å². The minimum Gasteiger partial charge on any atom is -0.274 e. The summed E-state index contributed by atoms with van der Waals surface area (Å²) in [6, 6.07) is 1.36. The number of anilines is 1. The van der Waals surface area contributed by atoms with Gasteiger partial charge in [-0.05, 0) is 40.9 Å². The van der Waals surface area contributed by atoms with Crippen LogP contribution in [-0.4, -0.2) is 16.7 Å². The Morgan fingerprint density at radius 1 is 1.26 bits per heavy atom. The van der Waals surface area contributed by atoms with Gasteiger partial charge in [0.1, 0.15) is 5.69 Å². The van der Waals surface area contributed by atoms with Crippen molar-refractivity contribution in [1.82, 2.24) is 0 Å². The van der Waals surface area contributed by atoms with E-state index in [9.17, 15) is 19.7 Å². The average Bonchev–Trinajstić information content (AvgIpc) is 2.28. The molecule has 7 heteroatoms. The molecule has 0 fully saturated rings. The second-order valence-corrected chi connectivity index (χ2v) is 4.92. The number of nitro groups is 1. The number of carbonyl (C=O) groups excluding carboxylic acids is 2. The Labute approximate surface area is 118 Å². The van der Waals surface area contributed by atoms with Gasteiger partial charge in [-0.1, -0.05) is 0 Å². The van der Waals surface area contributed by atoms with E-state index in [0.29, 0.717) is 10.0 Å². The summed E-state index contributed by atoms with van der Waals surface area (Å²) in [5.74, 6) is -1.14. The molecule has 0 spiro atoms. The molecule has 0 aliphatic carbocycles. The molecule has 0 heterocycles. The summed E-state index contributed by atoms with van der Waals surface area (Å²) in [5, 5.41) is 11.1. The highest BCUT2D eigenvalue weighted by Crippen LogP contribution is 2.40. The number of aryl methyl sites for hydroxylation is 1. The molecular formula is C12H13BrN2O4. The van der Waals surface area contributed by atoms with Gasteiger partial charge in [0, 0.05) is 19.9 Å². The number of halogens is 1. The summed E-state index contributed by atoms with van der Waals surface area (Å²) in [6.07, 6.45) is 0. The average molecular weight is 329 g/mol. The molecular weight excluding hydrogens is 316 g/mol.